The lowest BCUT2D eigenvalue weighted by Gasteiger charge is -2.06. The van der Waals surface area contributed by atoms with Gasteiger partial charge < -0.3 is 4.55 Å². The van der Waals surface area contributed by atoms with Gasteiger partial charge in [0.05, 0.1) is 0 Å². The molecule has 76 valence electrons. The highest BCUT2D eigenvalue weighted by atomic mass is 32.2. The minimum atomic E-state index is -2.16. The van der Waals surface area contributed by atoms with Gasteiger partial charge in [-0.15, -0.1) is 0 Å². The second-order valence-electron chi connectivity index (χ2n) is 2.70. The van der Waals surface area contributed by atoms with E-state index in [1.807, 2.05) is 0 Å². The van der Waals surface area contributed by atoms with Gasteiger partial charge in [0.1, 0.15) is 5.75 Å². The molecule has 1 aromatic carbocycles. The van der Waals surface area contributed by atoms with Crippen LogP contribution in [0.25, 0.3) is 0 Å². The third-order valence-electron chi connectivity index (χ3n) is 1.74. The Balaban J connectivity index is 2.89. The Bertz CT molecular complexity index is 340. The number of hydrogen-bond donors (Lipinski definition) is 1. The lowest BCUT2D eigenvalue weighted by atomic mass is 10.1. The van der Waals surface area contributed by atoms with E-state index in [9.17, 15) is 14.3 Å². The Kier molecular flexibility index (Phi) is 3.73. The maximum atomic E-state index is 10.6. The fourth-order valence-corrected chi connectivity index (χ4v) is 1.67. The molecule has 0 saturated carbocycles. The maximum absolute atomic E-state index is 10.6. The van der Waals surface area contributed by atoms with Crippen LogP contribution in [0.2, 0.25) is 0 Å². The van der Waals surface area contributed by atoms with Gasteiger partial charge in [-0.05, 0) is 0 Å². The second-order valence-corrected chi connectivity index (χ2v) is 3.68. The summed E-state index contributed by atoms with van der Waals surface area (Å²) in [5.41, 5.74) is 0.444. The molecule has 0 saturated heterocycles. The Labute approximate surface area is 83.2 Å². The minimum absolute atomic E-state index is 0.378. The Morgan fingerprint density at radius 1 is 1.43 bits per heavy atom. The third-order valence-corrected chi connectivity index (χ3v) is 2.34. The molecule has 1 N–H and O–H groups in total. The molecule has 2 atom stereocenters. The third kappa shape index (κ3) is 2.90. The molecule has 0 spiro atoms. The summed E-state index contributed by atoms with van der Waals surface area (Å²) in [4.78, 5) is 10.0. The van der Waals surface area contributed by atoms with Gasteiger partial charge in [-0.3, -0.25) is 10.1 Å². The van der Waals surface area contributed by atoms with Crippen LogP contribution in [0.1, 0.15) is 11.6 Å². The Hall–Kier alpha value is -1.27. The molecule has 6 heteroatoms. The van der Waals surface area contributed by atoms with E-state index in [1.54, 1.807) is 30.3 Å². The topological polar surface area (TPSA) is 80.4 Å². The quantitative estimate of drug-likeness (QED) is 0.465. The van der Waals surface area contributed by atoms with Gasteiger partial charge >= 0.3 is 0 Å². The normalized spacial score (nSPS) is 14.6. The van der Waals surface area contributed by atoms with Gasteiger partial charge in [-0.1, -0.05) is 30.3 Å². The standard InChI is InChI=1S/C8H9NO4S/c10-9(11)8(6-14(12)13)7-4-2-1-3-5-7/h1-5,8H,6H2,(H,12,13). The summed E-state index contributed by atoms with van der Waals surface area (Å²) in [7, 11) is 0. The molecule has 0 aliphatic heterocycles. The predicted octanol–water partition coefficient (Wildman–Crippen LogP) is 1.23. The highest BCUT2D eigenvalue weighted by Crippen LogP contribution is 2.16. The number of nitro groups is 1. The van der Waals surface area contributed by atoms with Gasteiger partial charge in [0.2, 0.25) is 0 Å². The molecule has 0 radical (unpaired) electrons. The Morgan fingerprint density at radius 2 is 2.00 bits per heavy atom. The van der Waals surface area contributed by atoms with Crippen LogP contribution >= 0.6 is 0 Å². The molecule has 5 nitrogen and oxygen atoms in total. The van der Waals surface area contributed by atoms with E-state index in [0.29, 0.717) is 5.56 Å². The molecule has 0 heterocycles. The first kappa shape index (κ1) is 10.8. The summed E-state index contributed by atoms with van der Waals surface area (Å²) in [6.45, 7) is 0. The van der Waals surface area contributed by atoms with Crippen LogP contribution in [0.4, 0.5) is 0 Å². The highest BCUT2D eigenvalue weighted by molar-refractivity contribution is 7.79. The van der Waals surface area contributed by atoms with Crippen molar-refractivity contribution in [1.82, 2.24) is 0 Å². The maximum Gasteiger partial charge on any atom is 0.251 e. The van der Waals surface area contributed by atoms with Crippen LogP contribution in [0.15, 0.2) is 30.3 Å². The lowest BCUT2D eigenvalue weighted by Crippen LogP contribution is -2.17. The molecular weight excluding hydrogens is 206 g/mol. The number of nitrogens with zero attached hydrogens (tertiary/aromatic N) is 1. The van der Waals surface area contributed by atoms with Crippen molar-refractivity contribution in [2.24, 2.45) is 0 Å². The van der Waals surface area contributed by atoms with E-state index in [4.69, 9.17) is 4.55 Å². The van der Waals surface area contributed by atoms with Gasteiger partial charge in [0.25, 0.3) is 6.04 Å². The first-order valence-electron chi connectivity index (χ1n) is 3.87. The molecule has 1 aromatic rings. The van der Waals surface area contributed by atoms with E-state index in [-0.39, 0.29) is 5.75 Å². The summed E-state index contributed by atoms with van der Waals surface area (Å²) >= 11 is -2.16. The zero-order valence-corrected chi connectivity index (χ0v) is 8.02. The fourth-order valence-electron chi connectivity index (χ4n) is 1.09. The Morgan fingerprint density at radius 3 is 2.43 bits per heavy atom. The average Bonchev–Trinajstić information content (AvgIpc) is 2.15. The molecule has 1 rings (SSSR count). The van der Waals surface area contributed by atoms with E-state index < -0.39 is 22.0 Å². The molecule has 0 aromatic heterocycles. The van der Waals surface area contributed by atoms with Gasteiger partial charge in [0, 0.05) is 10.5 Å². The van der Waals surface area contributed by atoms with E-state index in [2.05, 4.69) is 0 Å². The lowest BCUT2D eigenvalue weighted by molar-refractivity contribution is -0.523. The van der Waals surface area contributed by atoms with Crippen molar-refractivity contribution >= 4 is 11.1 Å². The number of hydrogen-bond acceptors (Lipinski definition) is 3. The van der Waals surface area contributed by atoms with Gasteiger partial charge in [-0.25, -0.2) is 4.21 Å². The molecule has 0 aliphatic carbocycles. The van der Waals surface area contributed by atoms with Crippen molar-refractivity contribution in [2.75, 3.05) is 5.75 Å². The van der Waals surface area contributed by atoms with Crippen molar-refractivity contribution in [2.45, 2.75) is 6.04 Å². The zero-order chi connectivity index (χ0) is 10.6. The average molecular weight is 215 g/mol. The molecule has 0 aliphatic rings. The first-order chi connectivity index (χ1) is 6.61. The smallest absolute Gasteiger partial charge is 0.251 e. The predicted molar refractivity (Wildman–Crippen MR) is 51.8 cm³/mol. The van der Waals surface area contributed by atoms with E-state index in [1.165, 1.54) is 0 Å². The summed E-state index contributed by atoms with van der Waals surface area (Å²) in [5, 5.41) is 10.6. The van der Waals surface area contributed by atoms with E-state index >= 15 is 0 Å². The van der Waals surface area contributed by atoms with Crippen LogP contribution in [0.3, 0.4) is 0 Å². The molecule has 14 heavy (non-hydrogen) atoms. The van der Waals surface area contributed by atoms with Crippen LogP contribution in [-0.2, 0) is 11.1 Å². The van der Waals surface area contributed by atoms with E-state index in [0.717, 1.165) is 0 Å². The van der Waals surface area contributed by atoms with Crippen LogP contribution < -0.4 is 0 Å². The largest absolute Gasteiger partial charge is 0.306 e. The molecule has 2 unspecified atom stereocenters. The first-order valence-corrected chi connectivity index (χ1v) is 5.14. The fraction of sp³-hybridized carbons (Fsp3) is 0.250. The van der Waals surface area contributed by atoms with Crippen molar-refractivity contribution in [3.63, 3.8) is 0 Å². The highest BCUT2D eigenvalue weighted by Gasteiger charge is 2.24. The van der Waals surface area contributed by atoms with Crippen molar-refractivity contribution < 1.29 is 13.7 Å². The summed E-state index contributed by atoms with van der Waals surface area (Å²) in [6.07, 6.45) is 0. The second kappa shape index (κ2) is 4.83. The van der Waals surface area contributed by atoms with Gasteiger partial charge in [0.15, 0.2) is 11.1 Å². The summed E-state index contributed by atoms with van der Waals surface area (Å²) < 4.78 is 19.1. The molecule has 0 amide bonds. The summed E-state index contributed by atoms with van der Waals surface area (Å²) in [6, 6.07) is 7.08. The monoisotopic (exact) mass is 215 g/mol. The van der Waals surface area contributed by atoms with Gasteiger partial charge in [-0.2, -0.15) is 0 Å². The number of benzene rings is 1. The minimum Gasteiger partial charge on any atom is -0.306 e. The molecule has 0 bridgehead atoms. The SMILES string of the molecule is O=[N+]([O-])C(CS(=O)O)c1ccccc1. The van der Waals surface area contributed by atoms with Crippen LogP contribution in [0.5, 0.6) is 0 Å². The summed E-state index contributed by atoms with van der Waals surface area (Å²) in [5.74, 6) is -0.378. The van der Waals surface area contributed by atoms with Crippen molar-refractivity contribution in [3.05, 3.63) is 46.0 Å². The zero-order valence-electron chi connectivity index (χ0n) is 7.20. The van der Waals surface area contributed by atoms with Crippen molar-refractivity contribution in [3.8, 4) is 0 Å². The van der Waals surface area contributed by atoms with Crippen molar-refractivity contribution in [1.29, 1.82) is 0 Å². The molecular formula is C8H9NO4S. The van der Waals surface area contributed by atoms with Crippen LogP contribution in [-0.4, -0.2) is 19.4 Å². The number of rotatable bonds is 4. The molecule has 0 fully saturated rings. The van der Waals surface area contributed by atoms with Crippen LogP contribution in [0, 0.1) is 10.1 Å².